The van der Waals surface area contributed by atoms with Crippen molar-refractivity contribution in [2.45, 2.75) is 24.7 Å². The topological polar surface area (TPSA) is 97.8 Å². The van der Waals surface area contributed by atoms with Crippen LogP contribution in [0.1, 0.15) is 30.1 Å². The lowest BCUT2D eigenvalue weighted by Crippen LogP contribution is -2.37. The number of nitrogens with one attached hydrogen (secondary N) is 1. The predicted molar refractivity (Wildman–Crippen MR) is 117 cm³/mol. The maximum absolute atomic E-state index is 12.8. The lowest BCUT2D eigenvalue weighted by atomic mass is 10.0. The van der Waals surface area contributed by atoms with Crippen molar-refractivity contribution in [3.8, 4) is 11.5 Å². The normalized spacial score (nSPS) is 17.2. The number of ether oxygens (including phenoxy) is 2. The van der Waals surface area contributed by atoms with Crippen LogP contribution in [0.3, 0.4) is 0 Å². The lowest BCUT2D eigenvalue weighted by Gasteiger charge is -2.29. The van der Waals surface area contributed by atoms with Gasteiger partial charge in [0.2, 0.25) is 16.8 Å². The second kappa shape index (κ2) is 7.77. The number of hydrogen-bond donors (Lipinski definition) is 1. The Balaban J connectivity index is 1.31. The highest BCUT2D eigenvalue weighted by molar-refractivity contribution is 7.89. The Morgan fingerprint density at radius 3 is 2.52 bits per heavy atom. The molecule has 1 amide bonds. The summed E-state index contributed by atoms with van der Waals surface area (Å²) in [5.41, 5.74) is 1.07. The average molecular weight is 460 g/mol. The van der Waals surface area contributed by atoms with Gasteiger partial charge in [-0.3, -0.25) is 10.1 Å². The average Bonchev–Trinajstić information content (AvgIpc) is 3.37. The van der Waals surface area contributed by atoms with E-state index in [1.165, 1.54) is 39.9 Å². The van der Waals surface area contributed by atoms with E-state index >= 15 is 0 Å². The maximum atomic E-state index is 12.8. The highest BCUT2D eigenvalue weighted by Crippen LogP contribution is 2.39. The predicted octanol–water partition coefficient (Wildman–Crippen LogP) is 3.70. The number of rotatable bonds is 4. The first-order valence-corrected chi connectivity index (χ1v) is 12.3. The van der Waals surface area contributed by atoms with Gasteiger partial charge in [-0.15, -0.1) is 0 Å². The minimum absolute atomic E-state index is 0.193. The minimum atomic E-state index is -3.54. The molecule has 0 saturated carbocycles. The molecule has 0 aliphatic carbocycles. The molecule has 1 aromatic heterocycles. The van der Waals surface area contributed by atoms with Crippen LogP contribution in [0.2, 0.25) is 0 Å². The second-order valence-electron chi connectivity index (χ2n) is 7.76. The third kappa shape index (κ3) is 3.86. The van der Waals surface area contributed by atoms with Gasteiger partial charge in [0.15, 0.2) is 16.6 Å². The monoisotopic (exact) mass is 459 g/mol. The summed E-state index contributed by atoms with van der Waals surface area (Å²) in [5, 5.41) is 3.22. The van der Waals surface area contributed by atoms with Crippen molar-refractivity contribution in [3.05, 3.63) is 42.0 Å². The van der Waals surface area contributed by atoms with Gasteiger partial charge in [-0.2, -0.15) is 4.31 Å². The molecule has 31 heavy (non-hydrogen) atoms. The zero-order valence-electron chi connectivity index (χ0n) is 16.8. The van der Waals surface area contributed by atoms with Crippen LogP contribution in [-0.2, 0) is 10.0 Å². The maximum Gasteiger partial charge on any atom is 0.257 e. The van der Waals surface area contributed by atoms with Crippen LogP contribution in [-0.4, -0.2) is 43.5 Å². The molecule has 162 valence electrons. The Hall–Kier alpha value is -2.69. The van der Waals surface area contributed by atoms with E-state index in [9.17, 15) is 13.2 Å². The summed E-state index contributed by atoms with van der Waals surface area (Å²) in [4.78, 5) is 17.3. The fraction of sp³-hybridized carbons (Fsp3) is 0.333. The van der Waals surface area contributed by atoms with Gasteiger partial charge >= 0.3 is 0 Å². The third-order valence-corrected chi connectivity index (χ3v) is 8.45. The van der Waals surface area contributed by atoms with Crippen LogP contribution in [0.4, 0.5) is 5.13 Å². The van der Waals surface area contributed by atoms with Crippen LogP contribution in [0, 0.1) is 5.92 Å². The van der Waals surface area contributed by atoms with Gasteiger partial charge in [0.1, 0.15) is 0 Å². The number of carbonyl (C=O) groups is 1. The largest absolute Gasteiger partial charge is 0.454 e. The molecule has 3 heterocycles. The van der Waals surface area contributed by atoms with Crippen molar-refractivity contribution in [2.75, 3.05) is 25.2 Å². The Kier molecular flexibility index (Phi) is 5.07. The van der Waals surface area contributed by atoms with Crippen LogP contribution in [0.25, 0.3) is 10.2 Å². The van der Waals surface area contributed by atoms with Gasteiger partial charge < -0.3 is 9.47 Å². The second-order valence-corrected chi connectivity index (χ2v) is 10.7. The van der Waals surface area contributed by atoms with E-state index in [0.29, 0.717) is 46.7 Å². The highest BCUT2D eigenvalue weighted by atomic mass is 32.2. The summed E-state index contributed by atoms with van der Waals surface area (Å²) in [6, 6.07) is 9.65. The number of benzene rings is 2. The summed E-state index contributed by atoms with van der Waals surface area (Å²) < 4.78 is 38.8. The number of thiazole rings is 1. The third-order valence-electron chi connectivity index (χ3n) is 5.60. The van der Waals surface area contributed by atoms with E-state index in [4.69, 9.17) is 9.47 Å². The number of aromatic nitrogens is 1. The van der Waals surface area contributed by atoms with E-state index in [-0.39, 0.29) is 17.6 Å². The first-order chi connectivity index (χ1) is 14.9. The molecule has 3 aromatic rings. The van der Waals surface area contributed by atoms with Crippen molar-refractivity contribution >= 4 is 42.6 Å². The number of hydrogen-bond acceptors (Lipinski definition) is 7. The Morgan fingerprint density at radius 2 is 1.81 bits per heavy atom. The van der Waals surface area contributed by atoms with E-state index in [0.717, 1.165) is 17.5 Å². The number of nitrogens with zero attached hydrogens (tertiary/aromatic N) is 2. The number of carbonyl (C=O) groups excluding carboxylic acids is 1. The molecule has 5 rings (SSSR count). The highest BCUT2D eigenvalue weighted by Gasteiger charge is 2.28. The zero-order chi connectivity index (χ0) is 21.6. The fourth-order valence-corrected chi connectivity index (χ4v) is 6.03. The van der Waals surface area contributed by atoms with Gasteiger partial charge in [-0.05, 0) is 43.0 Å². The summed E-state index contributed by atoms with van der Waals surface area (Å²) >= 11 is 1.33. The molecular formula is C21H21N3O5S2. The molecule has 2 aliphatic heterocycles. The molecule has 0 atom stereocenters. The van der Waals surface area contributed by atoms with Crippen molar-refractivity contribution in [2.24, 2.45) is 5.92 Å². The molecule has 2 aliphatic rings. The molecule has 0 spiro atoms. The van der Waals surface area contributed by atoms with Crippen molar-refractivity contribution < 1.29 is 22.7 Å². The zero-order valence-corrected chi connectivity index (χ0v) is 18.5. The van der Waals surface area contributed by atoms with Gasteiger partial charge in [-0.1, -0.05) is 18.3 Å². The smallest absolute Gasteiger partial charge is 0.257 e. The summed E-state index contributed by atoms with van der Waals surface area (Å²) in [6.07, 6.45) is 1.73. The summed E-state index contributed by atoms with van der Waals surface area (Å²) in [5.74, 6) is 1.49. The van der Waals surface area contributed by atoms with Gasteiger partial charge in [-0.25, -0.2) is 13.4 Å². The molecular weight excluding hydrogens is 438 g/mol. The van der Waals surface area contributed by atoms with Gasteiger partial charge in [0, 0.05) is 30.8 Å². The van der Waals surface area contributed by atoms with Crippen LogP contribution >= 0.6 is 11.3 Å². The van der Waals surface area contributed by atoms with Crippen molar-refractivity contribution in [1.82, 2.24) is 9.29 Å². The number of sulfonamides is 1. The van der Waals surface area contributed by atoms with Crippen LogP contribution in [0.5, 0.6) is 11.5 Å². The van der Waals surface area contributed by atoms with Gasteiger partial charge in [0.05, 0.1) is 15.1 Å². The molecule has 0 radical (unpaired) electrons. The van der Waals surface area contributed by atoms with Crippen molar-refractivity contribution in [3.63, 3.8) is 0 Å². The van der Waals surface area contributed by atoms with Crippen LogP contribution < -0.4 is 14.8 Å². The molecule has 1 fully saturated rings. The molecule has 0 bridgehead atoms. The van der Waals surface area contributed by atoms with Gasteiger partial charge in [0.25, 0.3) is 5.91 Å². The number of fused-ring (bicyclic) bond motifs is 2. The first-order valence-electron chi connectivity index (χ1n) is 10.0. The Morgan fingerprint density at radius 1 is 1.13 bits per heavy atom. The number of anilines is 1. The number of piperidine rings is 1. The standard InChI is InChI=1S/C21H21N3O5S2/c1-13-6-8-24(9-7-13)31(26,27)15-4-2-14(3-5-15)20(25)23-21-22-16-10-17-18(29-12-28-17)11-19(16)30-21/h2-5,10-11,13H,6-9,12H2,1H3,(H,22,23,25). The minimum Gasteiger partial charge on any atom is -0.454 e. The van der Waals surface area contributed by atoms with Crippen molar-refractivity contribution in [1.29, 1.82) is 0 Å². The van der Waals surface area contributed by atoms with E-state index < -0.39 is 10.0 Å². The SMILES string of the molecule is CC1CCN(S(=O)(=O)c2ccc(C(=O)Nc3nc4cc5c(cc4s3)OCO5)cc2)CC1. The molecule has 0 unspecified atom stereocenters. The van der Waals surface area contributed by atoms with Crippen LogP contribution in [0.15, 0.2) is 41.3 Å². The Bertz CT molecular complexity index is 1210. The summed E-state index contributed by atoms with van der Waals surface area (Å²) in [7, 11) is -3.54. The molecule has 8 nitrogen and oxygen atoms in total. The number of amides is 1. The Labute approximate surface area is 183 Å². The summed E-state index contributed by atoms with van der Waals surface area (Å²) in [6.45, 7) is 3.39. The molecule has 1 saturated heterocycles. The van der Waals surface area contributed by atoms with E-state index in [2.05, 4.69) is 17.2 Å². The lowest BCUT2D eigenvalue weighted by molar-refractivity contribution is 0.102. The fourth-order valence-electron chi connectivity index (χ4n) is 3.69. The first kappa shape index (κ1) is 20.2. The molecule has 1 N–H and O–H groups in total. The molecule has 2 aromatic carbocycles. The van der Waals surface area contributed by atoms with E-state index in [1.54, 1.807) is 6.07 Å². The molecule has 10 heteroatoms. The quantitative estimate of drug-likeness (QED) is 0.639. The van der Waals surface area contributed by atoms with E-state index in [1.807, 2.05) is 6.07 Å².